The zero-order valence-electron chi connectivity index (χ0n) is 19.3. The van der Waals surface area contributed by atoms with Crippen molar-refractivity contribution in [1.82, 2.24) is 20.2 Å². The highest BCUT2D eigenvalue weighted by Gasteiger charge is 2.22. The number of nitrogens with two attached hydrogens (primary N) is 1. The molecule has 0 radical (unpaired) electrons. The first-order valence-corrected chi connectivity index (χ1v) is 10.9. The molecule has 0 aliphatic carbocycles. The number of hydrogen-bond donors (Lipinski definition) is 2. The number of fused-ring (bicyclic) bond motifs is 1. The molecule has 0 aliphatic rings. The summed E-state index contributed by atoms with van der Waals surface area (Å²) < 4.78 is 16.9. The molecule has 3 aromatic carbocycles. The average molecular weight is 469 g/mol. The Labute approximate surface area is 202 Å². The molecule has 0 saturated carbocycles. The molecule has 0 amide bonds. The average Bonchev–Trinajstić information content (AvgIpc) is 3.31. The maximum atomic E-state index is 5.98. The molecule has 0 saturated heterocycles. The number of methoxy groups -OCH3 is 2. The Balaban J connectivity index is 1.55. The normalized spacial score (nSPS) is 10.8. The summed E-state index contributed by atoms with van der Waals surface area (Å²) in [6.07, 6.45) is 1.61. The zero-order valence-corrected chi connectivity index (χ0v) is 19.3. The topological polar surface area (TPSA) is 111 Å². The Bertz CT molecular complexity index is 1450. The van der Waals surface area contributed by atoms with Crippen LogP contribution in [0, 0.1) is 0 Å². The fraction of sp³-hybridized carbons (Fsp3) is 0.115. The van der Waals surface area contributed by atoms with Gasteiger partial charge in [0.15, 0.2) is 17.3 Å². The molecule has 9 nitrogen and oxygen atoms in total. The Morgan fingerprint density at radius 3 is 2.51 bits per heavy atom. The lowest BCUT2D eigenvalue weighted by atomic mass is 10.2. The summed E-state index contributed by atoms with van der Waals surface area (Å²) in [5.41, 5.74) is 8.60. The maximum absolute atomic E-state index is 5.98. The molecule has 2 heterocycles. The van der Waals surface area contributed by atoms with E-state index in [9.17, 15) is 0 Å². The second-order valence-corrected chi connectivity index (χ2v) is 7.69. The van der Waals surface area contributed by atoms with Crippen LogP contribution in [0.15, 0.2) is 79.0 Å². The van der Waals surface area contributed by atoms with Crippen molar-refractivity contribution in [2.24, 2.45) is 0 Å². The van der Waals surface area contributed by atoms with Gasteiger partial charge in [-0.3, -0.25) is 10.00 Å². The van der Waals surface area contributed by atoms with E-state index >= 15 is 0 Å². The monoisotopic (exact) mass is 468 g/mol. The lowest BCUT2D eigenvalue weighted by molar-refractivity contribution is 0.306. The number of anilines is 4. The van der Waals surface area contributed by atoms with Gasteiger partial charge in [-0.1, -0.05) is 30.3 Å². The highest BCUT2D eigenvalue weighted by Crippen LogP contribution is 2.40. The predicted molar refractivity (Wildman–Crippen MR) is 135 cm³/mol. The van der Waals surface area contributed by atoms with E-state index in [2.05, 4.69) is 20.2 Å². The first kappa shape index (κ1) is 22.0. The van der Waals surface area contributed by atoms with Crippen molar-refractivity contribution < 1.29 is 14.2 Å². The number of H-pyrrole nitrogens is 1. The van der Waals surface area contributed by atoms with E-state index in [1.165, 1.54) is 0 Å². The molecule has 0 fully saturated rings. The Hall–Kier alpha value is -4.79. The van der Waals surface area contributed by atoms with Crippen molar-refractivity contribution in [2.45, 2.75) is 6.61 Å². The molecule has 176 valence electrons. The molecule has 9 heteroatoms. The lowest BCUT2D eigenvalue weighted by Crippen LogP contribution is -2.15. The molecule has 3 N–H and O–H groups in total. The molecule has 0 atom stereocenters. The Morgan fingerprint density at radius 1 is 0.914 bits per heavy atom. The van der Waals surface area contributed by atoms with Gasteiger partial charge in [-0.15, -0.1) is 0 Å². The van der Waals surface area contributed by atoms with Crippen molar-refractivity contribution in [1.29, 1.82) is 0 Å². The summed E-state index contributed by atoms with van der Waals surface area (Å²) in [4.78, 5) is 10.7. The van der Waals surface area contributed by atoms with Crippen LogP contribution in [0.2, 0.25) is 0 Å². The third kappa shape index (κ3) is 4.51. The first-order valence-electron chi connectivity index (χ1n) is 10.9. The number of hydrogen-bond acceptors (Lipinski definition) is 8. The third-order valence-corrected chi connectivity index (χ3v) is 5.46. The second kappa shape index (κ2) is 9.60. The first-order chi connectivity index (χ1) is 17.2. The van der Waals surface area contributed by atoms with Crippen LogP contribution in [0.5, 0.6) is 17.2 Å². The zero-order chi connectivity index (χ0) is 24.2. The summed E-state index contributed by atoms with van der Waals surface area (Å²) in [5, 5.41) is 8.55. The highest BCUT2D eigenvalue weighted by molar-refractivity contribution is 5.95. The molecule has 5 rings (SSSR count). The SMILES string of the molecule is COc1ccc(N(c2nccc(N)n2)c2n[nH]c3cc(OCc4ccccc4)ccc23)cc1OC. The van der Waals surface area contributed by atoms with E-state index in [-0.39, 0.29) is 0 Å². The number of aromatic nitrogens is 4. The molecule has 0 aliphatic heterocycles. The van der Waals surface area contributed by atoms with Crippen molar-refractivity contribution in [3.63, 3.8) is 0 Å². The van der Waals surface area contributed by atoms with Crippen LogP contribution in [0.4, 0.5) is 23.3 Å². The van der Waals surface area contributed by atoms with Crippen LogP contribution in [-0.4, -0.2) is 34.4 Å². The fourth-order valence-electron chi connectivity index (χ4n) is 3.75. The number of aromatic amines is 1. The summed E-state index contributed by atoms with van der Waals surface area (Å²) in [7, 11) is 3.18. The van der Waals surface area contributed by atoms with E-state index in [0.29, 0.717) is 35.7 Å². The number of benzene rings is 3. The summed E-state index contributed by atoms with van der Waals surface area (Å²) >= 11 is 0. The van der Waals surface area contributed by atoms with Gasteiger partial charge in [0.25, 0.3) is 0 Å². The molecular weight excluding hydrogens is 444 g/mol. The van der Waals surface area contributed by atoms with Gasteiger partial charge in [0, 0.05) is 23.7 Å². The van der Waals surface area contributed by atoms with Crippen LogP contribution in [-0.2, 0) is 6.61 Å². The van der Waals surface area contributed by atoms with Gasteiger partial charge in [-0.25, -0.2) is 4.98 Å². The van der Waals surface area contributed by atoms with Gasteiger partial charge in [0.1, 0.15) is 18.2 Å². The van der Waals surface area contributed by atoms with Gasteiger partial charge in [-0.2, -0.15) is 10.1 Å². The van der Waals surface area contributed by atoms with Crippen molar-refractivity contribution in [3.8, 4) is 17.2 Å². The number of rotatable bonds is 8. The van der Waals surface area contributed by atoms with Crippen LogP contribution < -0.4 is 24.8 Å². The van der Waals surface area contributed by atoms with E-state index < -0.39 is 0 Å². The second-order valence-electron chi connectivity index (χ2n) is 7.69. The van der Waals surface area contributed by atoms with Crippen LogP contribution in [0.3, 0.4) is 0 Å². The van der Waals surface area contributed by atoms with Crippen LogP contribution >= 0.6 is 0 Å². The molecular formula is C26H24N6O3. The maximum Gasteiger partial charge on any atom is 0.237 e. The summed E-state index contributed by atoms with van der Waals surface area (Å²) in [5.74, 6) is 3.22. The van der Waals surface area contributed by atoms with Gasteiger partial charge in [0.2, 0.25) is 5.95 Å². The largest absolute Gasteiger partial charge is 0.493 e. The van der Waals surface area contributed by atoms with Gasteiger partial charge in [0.05, 0.1) is 25.4 Å². The minimum Gasteiger partial charge on any atom is -0.493 e. The Morgan fingerprint density at radius 2 is 1.74 bits per heavy atom. The number of nitrogens with one attached hydrogen (secondary N) is 1. The minimum absolute atomic E-state index is 0.344. The summed E-state index contributed by atoms with van der Waals surface area (Å²) in [6.45, 7) is 0.474. The minimum atomic E-state index is 0.344. The standard InChI is InChI=1S/C26H24N6O3/c1-33-22-11-8-18(14-23(22)34-2)32(26-28-13-12-24(27)29-26)25-20-10-9-19(15-21(20)30-31-25)35-16-17-6-4-3-5-7-17/h3-15H,16H2,1-2H3,(H,30,31)(H2,27,28,29). The van der Waals surface area contributed by atoms with Gasteiger partial charge >= 0.3 is 0 Å². The van der Waals surface area contributed by atoms with Crippen molar-refractivity contribution in [3.05, 3.63) is 84.6 Å². The van der Waals surface area contributed by atoms with E-state index in [1.54, 1.807) is 26.5 Å². The summed E-state index contributed by atoms with van der Waals surface area (Å²) in [6, 6.07) is 23.0. The highest BCUT2D eigenvalue weighted by atomic mass is 16.5. The molecule has 0 spiro atoms. The molecule has 35 heavy (non-hydrogen) atoms. The quantitative estimate of drug-likeness (QED) is 0.327. The van der Waals surface area contributed by atoms with E-state index in [4.69, 9.17) is 19.9 Å². The molecule has 0 bridgehead atoms. The van der Waals surface area contributed by atoms with Crippen LogP contribution in [0.1, 0.15) is 5.56 Å². The number of ether oxygens (including phenoxy) is 3. The van der Waals surface area contributed by atoms with Gasteiger partial charge in [-0.05, 0) is 35.9 Å². The number of nitrogens with zero attached hydrogens (tertiary/aromatic N) is 4. The predicted octanol–water partition coefficient (Wildman–Crippen LogP) is 5.00. The lowest BCUT2D eigenvalue weighted by Gasteiger charge is -2.22. The Kier molecular flexibility index (Phi) is 6.04. The smallest absolute Gasteiger partial charge is 0.237 e. The van der Waals surface area contributed by atoms with Crippen LogP contribution in [0.25, 0.3) is 10.9 Å². The number of nitrogen functional groups attached to an aromatic ring is 1. The van der Waals surface area contributed by atoms with Crippen molar-refractivity contribution >= 4 is 34.2 Å². The van der Waals surface area contributed by atoms with Crippen molar-refractivity contribution in [2.75, 3.05) is 24.9 Å². The van der Waals surface area contributed by atoms with E-state index in [1.807, 2.05) is 71.6 Å². The molecule has 0 unspecified atom stereocenters. The third-order valence-electron chi connectivity index (χ3n) is 5.46. The fourth-order valence-corrected chi connectivity index (χ4v) is 3.75. The van der Waals surface area contributed by atoms with E-state index in [0.717, 1.165) is 27.9 Å². The molecule has 2 aromatic heterocycles. The molecule has 5 aromatic rings. The van der Waals surface area contributed by atoms with Gasteiger partial charge < -0.3 is 19.9 Å².